The van der Waals surface area contributed by atoms with E-state index in [2.05, 4.69) is 10.2 Å². The summed E-state index contributed by atoms with van der Waals surface area (Å²) >= 11 is 5.90. The fraction of sp³-hybridized carbons (Fsp3) is 0.200. The molecule has 1 aliphatic rings. The van der Waals surface area contributed by atoms with Gasteiger partial charge in [0.05, 0.1) is 12.0 Å². The number of anilines is 2. The van der Waals surface area contributed by atoms with Crippen molar-refractivity contribution < 1.29 is 19.2 Å². The molecule has 3 aromatic rings. The third-order valence-corrected chi connectivity index (χ3v) is 6.04. The average Bonchev–Trinajstić information content (AvgIpc) is 2.89. The Morgan fingerprint density at radius 1 is 0.943 bits per heavy atom. The maximum Gasteiger partial charge on any atom is 0.311 e. The molecule has 9 nitrogen and oxygen atoms in total. The lowest BCUT2D eigenvalue weighted by Crippen LogP contribution is -2.48. The first-order valence-corrected chi connectivity index (χ1v) is 11.3. The summed E-state index contributed by atoms with van der Waals surface area (Å²) in [4.78, 5) is 39.9. The molecule has 0 bridgehead atoms. The first kappa shape index (κ1) is 24.0. The first-order chi connectivity index (χ1) is 16.9. The molecule has 0 aliphatic carbocycles. The van der Waals surface area contributed by atoms with E-state index in [0.717, 1.165) is 5.69 Å². The monoisotopic (exact) mass is 494 g/mol. The van der Waals surface area contributed by atoms with Crippen LogP contribution in [0.3, 0.4) is 0 Å². The van der Waals surface area contributed by atoms with Crippen LogP contribution in [0.15, 0.2) is 66.7 Å². The minimum atomic E-state index is -0.590. The number of nitro groups is 1. The Hall–Kier alpha value is -4.11. The van der Waals surface area contributed by atoms with Gasteiger partial charge in [0.1, 0.15) is 0 Å². The molecular weight excluding hydrogens is 472 g/mol. The topological polar surface area (TPSA) is 105 Å². The van der Waals surface area contributed by atoms with E-state index < -0.39 is 10.8 Å². The summed E-state index contributed by atoms with van der Waals surface area (Å²) in [7, 11) is 1.33. The summed E-state index contributed by atoms with van der Waals surface area (Å²) in [6.45, 7) is 2.55. The van der Waals surface area contributed by atoms with Gasteiger partial charge in [0.25, 0.3) is 11.8 Å². The van der Waals surface area contributed by atoms with Gasteiger partial charge in [-0.3, -0.25) is 19.7 Å². The standard InChI is InChI=1S/C25H23ClN4O5/c1-35-23-11-4-18(16-22(23)30(33)34)24(31)27-20-7-9-21(10-8-20)28-12-14-29(15-13-28)25(32)17-2-5-19(26)6-3-17/h2-11,16H,12-15H2,1H3,(H,27,31). The van der Waals surface area contributed by atoms with E-state index in [1.165, 1.54) is 25.3 Å². The zero-order valence-electron chi connectivity index (χ0n) is 18.9. The van der Waals surface area contributed by atoms with Gasteiger partial charge in [-0.05, 0) is 60.7 Å². The van der Waals surface area contributed by atoms with Crippen LogP contribution in [0.2, 0.25) is 5.02 Å². The fourth-order valence-corrected chi connectivity index (χ4v) is 4.00. The number of carbonyl (C=O) groups is 2. The molecule has 0 radical (unpaired) electrons. The van der Waals surface area contributed by atoms with E-state index in [4.69, 9.17) is 16.3 Å². The van der Waals surface area contributed by atoms with Crippen molar-refractivity contribution in [1.29, 1.82) is 0 Å². The quantitative estimate of drug-likeness (QED) is 0.400. The molecule has 0 spiro atoms. The summed E-state index contributed by atoms with van der Waals surface area (Å²) in [5.41, 5.74) is 2.04. The van der Waals surface area contributed by atoms with Gasteiger partial charge in [0, 0.05) is 59.8 Å². The highest BCUT2D eigenvalue weighted by Crippen LogP contribution is 2.28. The molecule has 1 heterocycles. The summed E-state index contributed by atoms with van der Waals surface area (Å²) in [5.74, 6) is -0.387. The van der Waals surface area contributed by atoms with Crippen LogP contribution < -0.4 is 15.0 Å². The second-order valence-electron chi connectivity index (χ2n) is 7.93. The molecule has 0 aromatic heterocycles. The van der Waals surface area contributed by atoms with Crippen LogP contribution in [0, 0.1) is 10.1 Å². The second-order valence-corrected chi connectivity index (χ2v) is 8.37. The molecule has 1 saturated heterocycles. The third-order valence-electron chi connectivity index (χ3n) is 5.79. The Labute approximate surface area is 207 Å². The SMILES string of the molecule is COc1ccc(C(=O)Nc2ccc(N3CCN(C(=O)c4ccc(Cl)cc4)CC3)cc2)cc1[N+](=O)[O-]. The minimum absolute atomic E-state index is 0.0156. The number of nitro benzene ring substituents is 1. The van der Waals surface area contributed by atoms with E-state index in [1.54, 1.807) is 36.4 Å². The summed E-state index contributed by atoms with van der Waals surface area (Å²) in [6, 6.07) is 18.3. The number of piperazine rings is 1. The number of nitrogens with zero attached hydrogens (tertiary/aromatic N) is 3. The van der Waals surface area contributed by atoms with Crippen LogP contribution in [0.4, 0.5) is 17.1 Å². The van der Waals surface area contributed by atoms with Crippen molar-refractivity contribution in [3.8, 4) is 5.75 Å². The molecule has 0 saturated carbocycles. The summed E-state index contributed by atoms with van der Waals surface area (Å²) < 4.78 is 4.97. The molecule has 3 aromatic carbocycles. The number of methoxy groups -OCH3 is 1. The normalized spacial score (nSPS) is 13.3. The van der Waals surface area contributed by atoms with Gasteiger partial charge in [0.15, 0.2) is 5.75 Å². The number of carbonyl (C=O) groups excluding carboxylic acids is 2. The average molecular weight is 495 g/mol. The van der Waals surface area contributed by atoms with Crippen LogP contribution >= 0.6 is 11.6 Å². The van der Waals surface area contributed by atoms with Crippen molar-refractivity contribution in [2.24, 2.45) is 0 Å². The molecule has 4 rings (SSSR count). The Kier molecular flexibility index (Phi) is 7.17. The maximum atomic E-state index is 12.7. The maximum absolute atomic E-state index is 12.7. The zero-order valence-corrected chi connectivity index (χ0v) is 19.7. The molecule has 1 N–H and O–H groups in total. The number of halogens is 1. The van der Waals surface area contributed by atoms with E-state index in [1.807, 2.05) is 17.0 Å². The van der Waals surface area contributed by atoms with Crippen LogP contribution in [0.25, 0.3) is 0 Å². The van der Waals surface area contributed by atoms with Crippen molar-refractivity contribution >= 4 is 40.5 Å². The second kappa shape index (κ2) is 10.4. The van der Waals surface area contributed by atoms with Gasteiger partial charge in [-0.25, -0.2) is 0 Å². The Bertz CT molecular complexity index is 1240. The Morgan fingerprint density at radius 3 is 2.17 bits per heavy atom. The number of ether oxygens (including phenoxy) is 1. The summed E-state index contributed by atoms with van der Waals surface area (Å²) in [5, 5.41) is 14.6. The molecule has 35 heavy (non-hydrogen) atoms. The van der Waals surface area contributed by atoms with E-state index in [9.17, 15) is 19.7 Å². The number of hydrogen-bond acceptors (Lipinski definition) is 6. The number of amides is 2. The highest BCUT2D eigenvalue weighted by atomic mass is 35.5. The predicted molar refractivity (Wildman–Crippen MR) is 134 cm³/mol. The largest absolute Gasteiger partial charge is 0.490 e. The predicted octanol–water partition coefficient (Wildman–Crippen LogP) is 4.47. The highest BCUT2D eigenvalue weighted by Gasteiger charge is 2.23. The van der Waals surface area contributed by atoms with Gasteiger partial charge in [-0.2, -0.15) is 0 Å². The van der Waals surface area contributed by atoms with Gasteiger partial charge >= 0.3 is 5.69 Å². The van der Waals surface area contributed by atoms with Gasteiger partial charge in [-0.1, -0.05) is 11.6 Å². The lowest BCUT2D eigenvalue weighted by molar-refractivity contribution is -0.385. The van der Waals surface area contributed by atoms with Crippen molar-refractivity contribution in [2.75, 3.05) is 43.5 Å². The highest BCUT2D eigenvalue weighted by molar-refractivity contribution is 6.30. The number of hydrogen-bond donors (Lipinski definition) is 1. The first-order valence-electron chi connectivity index (χ1n) is 10.9. The van der Waals surface area contributed by atoms with E-state index >= 15 is 0 Å². The minimum Gasteiger partial charge on any atom is -0.490 e. The molecule has 0 unspecified atom stereocenters. The molecule has 0 atom stereocenters. The van der Waals surface area contributed by atoms with Crippen molar-refractivity contribution in [3.63, 3.8) is 0 Å². The smallest absolute Gasteiger partial charge is 0.311 e. The van der Waals surface area contributed by atoms with Crippen molar-refractivity contribution in [1.82, 2.24) is 4.90 Å². The summed E-state index contributed by atoms with van der Waals surface area (Å²) in [6.07, 6.45) is 0. The van der Waals surface area contributed by atoms with Gasteiger partial charge in [-0.15, -0.1) is 0 Å². The molecule has 2 amide bonds. The number of benzene rings is 3. The Balaban J connectivity index is 1.35. The molecule has 10 heteroatoms. The lowest BCUT2D eigenvalue weighted by Gasteiger charge is -2.36. The van der Waals surface area contributed by atoms with E-state index in [0.29, 0.717) is 42.5 Å². The van der Waals surface area contributed by atoms with E-state index in [-0.39, 0.29) is 22.9 Å². The third kappa shape index (κ3) is 5.52. The van der Waals surface area contributed by atoms with Gasteiger partial charge in [0.2, 0.25) is 0 Å². The fourth-order valence-electron chi connectivity index (χ4n) is 3.88. The molecule has 180 valence electrons. The van der Waals surface area contributed by atoms with Crippen LogP contribution in [0.5, 0.6) is 5.75 Å². The zero-order chi connectivity index (χ0) is 24.9. The number of nitrogens with one attached hydrogen (secondary N) is 1. The van der Waals surface area contributed by atoms with Crippen molar-refractivity contribution in [2.45, 2.75) is 0 Å². The lowest BCUT2D eigenvalue weighted by atomic mass is 10.1. The molecular formula is C25H23ClN4O5. The number of rotatable bonds is 6. The molecule has 1 fully saturated rings. The van der Waals surface area contributed by atoms with Crippen LogP contribution in [0.1, 0.15) is 20.7 Å². The Morgan fingerprint density at radius 2 is 1.57 bits per heavy atom. The van der Waals surface area contributed by atoms with Crippen LogP contribution in [-0.4, -0.2) is 54.9 Å². The van der Waals surface area contributed by atoms with Crippen molar-refractivity contribution in [3.05, 3.63) is 93.0 Å². The molecule has 1 aliphatic heterocycles. The van der Waals surface area contributed by atoms with Gasteiger partial charge < -0.3 is 19.9 Å². The van der Waals surface area contributed by atoms with Crippen LogP contribution in [-0.2, 0) is 0 Å².